The van der Waals surface area contributed by atoms with Gasteiger partial charge in [0.2, 0.25) is 18.0 Å². The van der Waals surface area contributed by atoms with E-state index in [0.717, 1.165) is 31.2 Å². The summed E-state index contributed by atoms with van der Waals surface area (Å²) in [6.45, 7) is 6.59. The first-order chi connectivity index (χ1) is 18.7. The van der Waals surface area contributed by atoms with Gasteiger partial charge in [-0.1, -0.05) is 19.9 Å². The van der Waals surface area contributed by atoms with Crippen LogP contribution in [0.15, 0.2) is 18.2 Å². The summed E-state index contributed by atoms with van der Waals surface area (Å²) < 4.78 is 29.0. The summed E-state index contributed by atoms with van der Waals surface area (Å²) in [6, 6.07) is 5.64. The van der Waals surface area contributed by atoms with Crippen molar-refractivity contribution in [3.8, 4) is 11.5 Å². The Kier molecular flexibility index (Phi) is 8.10. The van der Waals surface area contributed by atoms with Crippen LogP contribution in [-0.2, 0) is 40.0 Å². The van der Waals surface area contributed by atoms with Crippen molar-refractivity contribution in [1.82, 2.24) is 5.32 Å². The third kappa shape index (κ3) is 5.36. The van der Waals surface area contributed by atoms with Crippen LogP contribution in [0, 0.1) is 23.7 Å². The average Bonchev–Trinajstić information content (AvgIpc) is 3.16. The van der Waals surface area contributed by atoms with E-state index in [4.69, 9.17) is 33.5 Å². The standard InChI is InChI=1S/C29H41NO9/c1-17-6-8-21-18(2)26(36-27-29(21)20(17)12-14-28(3,37-27)38-39-29)35-25(32)11-10-24(31)30-15-13-19-7-9-22(33-4)23(16-19)34-5/h7,9,16-18,20-21,26-27H,6,8,10-15H2,1-5H3,(H,30,31)/t17-,18-,20+,21+,26-,27-,28-,29-/m1/s1. The van der Waals surface area contributed by atoms with Gasteiger partial charge in [-0.05, 0) is 62.1 Å². The second-order valence-corrected chi connectivity index (χ2v) is 11.6. The number of fused-ring (bicyclic) bond motifs is 2. The molecule has 1 amide bonds. The number of carbonyl (C=O) groups is 2. The van der Waals surface area contributed by atoms with Gasteiger partial charge in [0.05, 0.1) is 20.6 Å². The first-order valence-electron chi connectivity index (χ1n) is 14.1. The quantitative estimate of drug-likeness (QED) is 0.364. The van der Waals surface area contributed by atoms with E-state index in [1.54, 1.807) is 14.2 Å². The number of ether oxygens (including phenoxy) is 5. The van der Waals surface area contributed by atoms with Crippen molar-refractivity contribution < 1.29 is 43.0 Å². The molecule has 2 bridgehead atoms. The lowest BCUT2D eigenvalue weighted by molar-refractivity contribution is -0.576. The summed E-state index contributed by atoms with van der Waals surface area (Å²) in [7, 11) is 3.17. The van der Waals surface area contributed by atoms with E-state index < -0.39 is 29.9 Å². The average molecular weight is 548 g/mol. The van der Waals surface area contributed by atoms with Crippen molar-refractivity contribution in [2.24, 2.45) is 23.7 Å². The summed E-state index contributed by atoms with van der Waals surface area (Å²) >= 11 is 0. The molecule has 216 valence electrons. The fourth-order valence-corrected chi connectivity index (χ4v) is 6.88. The van der Waals surface area contributed by atoms with Crippen LogP contribution in [0.25, 0.3) is 0 Å². The molecular formula is C29H41NO9. The molecule has 4 heterocycles. The SMILES string of the molecule is COc1ccc(CCNC(=O)CCC(=O)O[C@@H]2O[C@@H]3O[C@@]4(C)CC[C@H]5[C@H](C)CC[C@@H]([C@H]2C)[C@@]35OO4)cc1OC. The fourth-order valence-electron chi connectivity index (χ4n) is 6.88. The van der Waals surface area contributed by atoms with Crippen LogP contribution in [0.2, 0.25) is 0 Å². The lowest BCUT2D eigenvalue weighted by atomic mass is 9.58. The minimum atomic E-state index is -0.887. The molecule has 6 rings (SSSR count). The van der Waals surface area contributed by atoms with Gasteiger partial charge in [-0.25, -0.2) is 9.78 Å². The molecule has 39 heavy (non-hydrogen) atoms. The van der Waals surface area contributed by atoms with Crippen LogP contribution in [0.5, 0.6) is 11.5 Å². The van der Waals surface area contributed by atoms with Crippen molar-refractivity contribution >= 4 is 11.9 Å². The highest BCUT2D eigenvalue weighted by Gasteiger charge is 2.69. The normalized spacial score (nSPS) is 36.8. The largest absolute Gasteiger partial charge is 0.493 e. The highest BCUT2D eigenvalue weighted by atomic mass is 17.3. The molecular weight excluding hydrogens is 506 g/mol. The number of nitrogens with one attached hydrogen (secondary N) is 1. The predicted octanol–water partition coefficient (Wildman–Crippen LogP) is 3.89. The van der Waals surface area contributed by atoms with Gasteiger partial charge in [0.15, 0.2) is 23.4 Å². The second kappa shape index (κ2) is 11.2. The van der Waals surface area contributed by atoms with Crippen LogP contribution in [0.3, 0.4) is 0 Å². The zero-order chi connectivity index (χ0) is 27.8. The molecule has 4 saturated heterocycles. The van der Waals surface area contributed by atoms with Crippen LogP contribution in [-0.4, -0.2) is 56.6 Å². The highest BCUT2D eigenvalue weighted by Crippen LogP contribution is 2.60. The van der Waals surface area contributed by atoms with Crippen molar-refractivity contribution in [2.45, 2.75) is 89.7 Å². The maximum absolute atomic E-state index is 12.8. The van der Waals surface area contributed by atoms with E-state index in [1.807, 2.05) is 32.0 Å². The topological polar surface area (TPSA) is 111 Å². The third-order valence-corrected chi connectivity index (χ3v) is 9.08. The molecule has 10 heteroatoms. The summed E-state index contributed by atoms with van der Waals surface area (Å²) in [4.78, 5) is 37.1. The summed E-state index contributed by atoms with van der Waals surface area (Å²) in [5.41, 5.74) is 0.301. The molecule has 5 fully saturated rings. The van der Waals surface area contributed by atoms with E-state index in [2.05, 4.69) is 12.2 Å². The lowest BCUT2D eigenvalue weighted by Crippen LogP contribution is -2.70. The molecule has 0 unspecified atom stereocenters. The zero-order valence-electron chi connectivity index (χ0n) is 23.5. The second-order valence-electron chi connectivity index (χ2n) is 11.6. The van der Waals surface area contributed by atoms with E-state index in [-0.39, 0.29) is 36.5 Å². The molecule has 1 aromatic rings. The van der Waals surface area contributed by atoms with Crippen LogP contribution in [0.4, 0.5) is 0 Å². The number of methoxy groups -OCH3 is 2. The van der Waals surface area contributed by atoms with E-state index >= 15 is 0 Å². The monoisotopic (exact) mass is 547 g/mol. The number of benzene rings is 1. The van der Waals surface area contributed by atoms with Gasteiger partial charge < -0.3 is 29.0 Å². The summed E-state index contributed by atoms with van der Waals surface area (Å²) in [5, 5.41) is 2.86. The van der Waals surface area contributed by atoms with E-state index in [9.17, 15) is 9.59 Å². The molecule has 0 aromatic heterocycles. The molecule has 0 radical (unpaired) electrons. The molecule has 1 aliphatic carbocycles. The van der Waals surface area contributed by atoms with Crippen molar-refractivity contribution in [3.05, 3.63) is 23.8 Å². The Morgan fingerprint density at radius 2 is 1.82 bits per heavy atom. The first-order valence-corrected chi connectivity index (χ1v) is 14.1. The Hall–Kier alpha value is -2.40. The smallest absolute Gasteiger partial charge is 0.308 e. The molecule has 10 nitrogen and oxygen atoms in total. The lowest BCUT2D eigenvalue weighted by Gasteiger charge is -2.59. The van der Waals surface area contributed by atoms with Gasteiger partial charge >= 0.3 is 5.97 Å². The Bertz CT molecular complexity index is 1070. The number of carbonyl (C=O) groups excluding carboxylic acids is 2. The van der Waals surface area contributed by atoms with Gasteiger partial charge in [0.1, 0.15) is 0 Å². The molecule has 4 aliphatic heterocycles. The minimum absolute atomic E-state index is 0.0346. The van der Waals surface area contributed by atoms with Crippen LogP contribution < -0.4 is 14.8 Å². The maximum atomic E-state index is 12.8. The van der Waals surface area contributed by atoms with Gasteiger partial charge in [-0.3, -0.25) is 9.59 Å². The molecule has 1 aromatic carbocycles. The van der Waals surface area contributed by atoms with Gasteiger partial charge in [0.25, 0.3) is 0 Å². The zero-order valence-corrected chi connectivity index (χ0v) is 23.5. The fraction of sp³-hybridized carbons (Fsp3) is 0.724. The van der Waals surface area contributed by atoms with Gasteiger partial charge in [-0.15, -0.1) is 0 Å². The predicted molar refractivity (Wildman–Crippen MR) is 138 cm³/mol. The van der Waals surface area contributed by atoms with Crippen molar-refractivity contribution in [3.63, 3.8) is 0 Å². The Labute approximate surface area is 229 Å². The van der Waals surface area contributed by atoms with Crippen LogP contribution in [0.1, 0.15) is 64.9 Å². The maximum Gasteiger partial charge on any atom is 0.308 e. The summed E-state index contributed by atoms with van der Waals surface area (Å²) in [5.74, 6) is 0.384. The van der Waals surface area contributed by atoms with Crippen molar-refractivity contribution in [2.75, 3.05) is 20.8 Å². The van der Waals surface area contributed by atoms with E-state index in [1.165, 1.54) is 0 Å². The molecule has 8 atom stereocenters. The number of rotatable bonds is 9. The number of amides is 1. The van der Waals surface area contributed by atoms with Gasteiger partial charge in [0, 0.05) is 31.2 Å². The number of esters is 1. The third-order valence-electron chi connectivity index (χ3n) is 9.08. The molecule has 1 spiro atoms. The molecule has 1 saturated carbocycles. The molecule has 1 N–H and O–H groups in total. The molecule has 5 aliphatic rings. The van der Waals surface area contributed by atoms with E-state index in [0.29, 0.717) is 30.4 Å². The number of hydrogen-bond donors (Lipinski definition) is 1. The minimum Gasteiger partial charge on any atom is -0.493 e. The number of hydrogen-bond acceptors (Lipinski definition) is 9. The Balaban J connectivity index is 1.12. The Morgan fingerprint density at radius 3 is 2.59 bits per heavy atom. The van der Waals surface area contributed by atoms with Crippen LogP contribution >= 0.6 is 0 Å². The van der Waals surface area contributed by atoms with Gasteiger partial charge in [-0.2, -0.15) is 0 Å². The summed E-state index contributed by atoms with van der Waals surface area (Å²) in [6.07, 6.45) is 2.82. The van der Waals surface area contributed by atoms with Crippen molar-refractivity contribution in [1.29, 1.82) is 0 Å². The highest BCUT2D eigenvalue weighted by molar-refractivity contribution is 5.81. The Morgan fingerprint density at radius 1 is 1.03 bits per heavy atom. The first kappa shape index (κ1) is 28.1.